The molecule has 106 valence electrons. The number of nitrogens with one attached hydrogen (secondary N) is 1. The Kier molecular flexibility index (Phi) is 4.24. The maximum Gasteiger partial charge on any atom is 0.223 e. The molecule has 2 rings (SSSR count). The summed E-state index contributed by atoms with van der Waals surface area (Å²) < 4.78 is 1.84. The van der Waals surface area contributed by atoms with Gasteiger partial charge in [-0.3, -0.25) is 9.48 Å². The molecule has 0 aliphatic heterocycles. The van der Waals surface area contributed by atoms with E-state index in [2.05, 4.69) is 10.4 Å². The van der Waals surface area contributed by atoms with Crippen LogP contribution in [0.15, 0.2) is 0 Å². The minimum absolute atomic E-state index is 0.0562. The van der Waals surface area contributed by atoms with Crippen LogP contribution in [-0.4, -0.2) is 26.9 Å². The van der Waals surface area contributed by atoms with Gasteiger partial charge in [0.2, 0.25) is 5.91 Å². The Bertz CT molecular complexity index is 460. The minimum Gasteiger partial charge on any atom is -0.393 e. The number of carbonyl (C=O) groups excluding carboxylic acids is 1. The van der Waals surface area contributed by atoms with Crippen LogP contribution in [0.2, 0.25) is 0 Å². The Balaban J connectivity index is 1.90. The second kappa shape index (κ2) is 5.74. The fourth-order valence-electron chi connectivity index (χ4n) is 2.73. The van der Waals surface area contributed by atoms with Crippen molar-refractivity contribution in [2.75, 3.05) is 0 Å². The second-order valence-corrected chi connectivity index (χ2v) is 5.50. The van der Waals surface area contributed by atoms with Gasteiger partial charge in [-0.05, 0) is 39.5 Å². The number of rotatable bonds is 3. The van der Waals surface area contributed by atoms with E-state index >= 15 is 0 Å². The van der Waals surface area contributed by atoms with E-state index in [0.29, 0.717) is 6.54 Å². The molecule has 0 aromatic carbocycles. The maximum absolute atomic E-state index is 12.1. The molecule has 0 saturated heterocycles. The lowest BCUT2D eigenvalue weighted by Gasteiger charge is -2.24. The number of aromatic nitrogens is 2. The van der Waals surface area contributed by atoms with Crippen molar-refractivity contribution < 1.29 is 9.90 Å². The van der Waals surface area contributed by atoms with Crippen LogP contribution in [0.5, 0.6) is 0 Å². The van der Waals surface area contributed by atoms with E-state index in [-0.39, 0.29) is 17.9 Å². The zero-order valence-corrected chi connectivity index (χ0v) is 11.9. The molecular formula is C14H23N3O2. The average Bonchev–Trinajstić information content (AvgIpc) is 2.62. The van der Waals surface area contributed by atoms with Gasteiger partial charge in [0.15, 0.2) is 0 Å². The van der Waals surface area contributed by atoms with Crippen LogP contribution in [-0.2, 0) is 18.4 Å². The van der Waals surface area contributed by atoms with Gasteiger partial charge in [-0.25, -0.2) is 0 Å². The molecule has 1 saturated carbocycles. The number of aliphatic hydroxyl groups excluding tert-OH is 1. The first-order valence-corrected chi connectivity index (χ1v) is 6.94. The van der Waals surface area contributed by atoms with Crippen molar-refractivity contribution in [3.8, 4) is 0 Å². The molecule has 0 atom stereocenters. The fraction of sp³-hybridized carbons (Fsp3) is 0.714. The van der Waals surface area contributed by atoms with E-state index in [1.54, 1.807) is 0 Å². The first-order valence-electron chi connectivity index (χ1n) is 6.94. The summed E-state index contributed by atoms with van der Waals surface area (Å²) in [5, 5.41) is 16.8. The van der Waals surface area contributed by atoms with Crippen molar-refractivity contribution in [3.63, 3.8) is 0 Å². The number of nitrogens with zero attached hydrogens (tertiary/aromatic N) is 2. The average molecular weight is 265 g/mol. The van der Waals surface area contributed by atoms with E-state index in [1.165, 1.54) is 0 Å². The predicted molar refractivity (Wildman–Crippen MR) is 72.5 cm³/mol. The van der Waals surface area contributed by atoms with Crippen LogP contribution in [0.1, 0.15) is 42.6 Å². The molecule has 5 nitrogen and oxygen atoms in total. The number of aryl methyl sites for hydroxylation is 2. The highest BCUT2D eigenvalue weighted by molar-refractivity contribution is 5.78. The highest BCUT2D eigenvalue weighted by atomic mass is 16.3. The lowest BCUT2D eigenvalue weighted by Crippen LogP contribution is -2.34. The third-order valence-electron chi connectivity index (χ3n) is 4.17. The number of hydrogen-bond donors (Lipinski definition) is 2. The molecule has 0 bridgehead atoms. The molecule has 1 heterocycles. The van der Waals surface area contributed by atoms with Crippen LogP contribution in [0, 0.1) is 19.8 Å². The van der Waals surface area contributed by atoms with Crippen LogP contribution >= 0.6 is 0 Å². The lowest BCUT2D eigenvalue weighted by atomic mass is 9.87. The number of carbonyl (C=O) groups is 1. The second-order valence-electron chi connectivity index (χ2n) is 5.50. The van der Waals surface area contributed by atoms with E-state index in [4.69, 9.17) is 0 Å². The molecule has 1 aliphatic carbocycles. The number of amides is 1. The Morgan fingerprint density at radius 1 is 1.37 bits per heavy atom. The Morgan fingerprint density at radius 2 is 2.00 bits per heavy atom. The summed E-state index contributed by atoms with van der Waals surface area (Å²) in [6.07, 6.45) is 2.84. The Labute approximate surface area is 114 Å². The molecule has 1 aromatic rings. The smallest absolute Gasteiger partial charge is 0.223 e. The topological polar surface area (TPSA) is 67.2 Å². The monoisotopic (exact) mass is 265 g/mol. The largest absolute Gasteiger partial charge is 0.393 e. The summed E-state index contributed by atoms with van der Waals surface area (Å²) >= 11 is 0. The highest BCUT2D eigenvalue weighted by Crippen LogP contribution is 2.24. The molecular weight excluding hydrogens is 242 g/mol. The van der Waals surface area contributed by atoms with Gasteiger partial charge in [0.05, 0.1) is 11.8 Å². The van der Waals surface area contributed by atoms with Crippen LogP contribution in [0.3, 0.4) is 0 Å². The molecule has 2 N–H and O–H groups in total. The zero-order valence-electron chi connectivity index (χ0n) is 11.9. The Hall–Kier alpha value is -1.36. The molecule has 5 heteroatoms. The van der Waals surface area contributed by atoms with Crippen molar-refractivity contribution in [1.29, 1.82) is 0 Å². The summed E-state index contributed by atoms with van der Waals surface area (Å²) in [4.78, 5) is 12.1. The number of hydrogen-bond acceptors (Lipinski definition) is 3. The van der Waals surface area contributed by atoms with Crippen molar-refractivity contribution in [3.05, 3.63) is 17.0 Å². The van der Waals surface area contributed by atoms with Gasteiger partial charge in [-0.15, -0.1) is 0 Å². The first-order chi connectivity index (χ1) is 8.99. The SMILES string of the molecule is Cc1nn(C)c(C)c1CNC(=O)C1CCC(O)CC1. The van der Waals surface area contributed by atoms with Gasteiger partial charge < -0.3 is 10.4 Å². The van der Waals surface area contributed by atoms with E-state index in [9.17, 15) is 9.90 Å². The van der Waals surface area contributed by atoms with Crippen molar-refractivity contribution in [2.24, 2.45) is 13.0 Å². The highest BCUT2D eigenvalue weighted by Gasteiger charge is 2.25. The normalized spacial score (nSPS) is 23.4. The van der Waals surface area contributed by atoms with E-state index < -0.39 is 0 Å². The molecule has 0 unspecified atom stereocenters. The first kappa shape index (κ1) is 14.1. The summed E-state index contributed by atoms with van der Waals surface area (Å²) in [5.41, 5.74) is 3.17. The third kappa shape index (κ3) is 3.15. The molecule has 1 aliphatic rings. The molecule has 0 radical (unpaired) electrons. The Morgan fingerprint density at radius 3 is 2.53 bits per heavy atom. The lowest BCUT2D eigenvalue weighted by molar-refractivity contribution is -0.126. The minimum atomic E-state index is -0.216. The van der Waals surface area contributed by atoms with E-state index in [1.807, 2.05) is 25.6 Å². The van der Waals surface area contributed by atoms with Gasteiger partial charge in [-0.1, -0.05) is 0 Å². The van der Waals surface area contributed by atoms with Crippen LogP contribution in [0.25, 0.3) is 0 Å². The molecule has 0 spiro atoms. The zero-order chi connectivity index (χ0) is 14.0. The van der Waals surface area contributed by atoms with E-state index in [0.717, 1.165) is 42.6 Å². The van der Waals surface area contributed by atoms with Gasteiger partial charge >= 0.3 is 0 Å². The van der Waals surface area contributed by atoms with Crippen molar-refractivity contribution >= 4 is 5.91 Å². The van der Waals surface area contributed by atoms with Crippen molar-refractivity contribution in [2.45, 2.75) is 52.2 Å². The quantitative estimate of drug-likeness (QED) is 0.863. The predicted octanol–water partition coefficient (Wildman–Crippen LogP) is 1.20. The van der Waals surface area contributed by atoms with Crippen LogP contribution < -0.4 is 5.32 Å². The molecule has 1 fully saturated rings. The van der Waals surface area contributed by atoms with Gasteiger partial charge in [0.25, 0.3) is 0 Å². The summed E-state index contributed by atoms with van der Waals surface area (Å²) in [6, 6.07) is 0. The summed E-state index contributed by atoms with van der Waals surface area (Å²) in [5.74, 6) is 0.162. The summed E-state index contributed by atoms with van der Waals surface area (Å²) in [6.45, 7) is 4.52. The molecule has 1 amide bonds. The maximum atomic E-state index is 12.1. The standard InChI is InChI=1S/C14H23N3O2/c1-9-13(10(2)17(3)16-9)8-15-14(19)11-4-6-12(18)7-5-11/h11-12,18H,4-8H2,1-3H3,(H,15,19). The molecule has 19 heavy (non-hydrogen) atoms. The number of aliphatic hydroxyl groups is 1. The van der Waals surface area contributed by atoms with Crippen LogP contribution in [0.4, 0.5) is 0 Å². The third-order valence-corrected chi connectivity index (χ3v) is 4.17. The van der Waals surface area contributed by atoms with Gasteiger partial charge in [0, 0.05) is 30.8 Å². The van der Waals surface area contributed by atoms with Gasteiger partial charge in [-0.2, -0.15) is 5.10 Å². The molecule has 1 aromatic heterocycles. The fourth-order valence-corrected chi connectivity index (χ4v) is 2.73. The summed E-state index contributed by atoms with van der Waals surface area (Å²) in [7, 11) is 1.91. The van der Waals surface area contributed by atoms with Crippen molar-refractivity contribution in [1.82, 2.24) is 15.1 Å². The van der Waals surface area contributed by atoms with Gasteiger partial charge in [0.1, 0.15) is 0 Å².